The summed E-state index contributed by atoms with van der Waals surface area (Å²) in [4.78, 5) is 18.5. The van der Waals surface area contributed by atoms with Gasteiger partial charge in [0.2, 0.25) is 0 Å². The molecule has 1 aliphatic heterocycles. The van der Waals surface area contributed by atoms with E-state index in [-0.39, 0.29) is 31.0 Å². The number of para-hydroxylation sites is 2. The van der Waals surface area contributed by atoms with Gasteiger partial charge in [-0.25, -0.2) is 13.9 Å². The lowest BCUT2D eigenvalue weighted by atomic mass is 9.98. The molecule has 1 aliphatic rings. The lowest BCUT2D eigenvalue weighted by molar-refractivity contribution is -0.134. The van der Waals surface area contributed by atoms with Crippen LogP contribution in [0.25, 0.3) is 11.1 Å². The third-order valence-electron chi connectivity index (χ3n) is 5.77. The topological polar surface area (TPSA) is 131 Å². The van der Waals surface area contributed by atoms with E-state index in [9.17, 15) is 13.2 Å². The molecule has 0 unspecified atom stereocenters. The summed E-state index contributed by atoms with van der Waals surface area (Å²) in [6, 6.07) is 13.8. The maximum atomic E-state index is 13.3. The minimum atomic E-state index is -4.07. The fraction of sp³-hybridized carbons (Fsp3) is 0.364. The normalized spacial score (nSPS) is 15.8. The maximum absolute atomic E-state index is 13.3. The van der Waals surface area contributed by atoms with Gasteiger partial charge in [-0.05, 0) is 49.2 Å². The highest BCUT2D eigenvalue weighted by Crippen LogP contribution is 2.35. The molecule has 0 saturated carbocycles. The van der Waals surface area contributed by atoms with E-state index in [1.165, 1.54) is 29.7 Å². The van der Waals surface area contributed by atoms with Crippen LogP contribution in [0.3, 0.4) is 0 Å². The first-order valence-electron chi connectivity index (χ1n) is 10.4. The summed E-state index contributed by atoms with van der Waals surface area (Å²) in [5.41, 5.74) is 2.98. The zero-order valence-electron chi connectivity index (χ0n) is 18.1. The van der Waals surface area contributed by atoms with Gasteiger partial charge in [-0.1, -0.05) is 12.1 Å². The van der Waals surface area contributed by atoms with Crippen molar-refractivity contribution in [3.63, 3.8) is 0 Å². The molecule has 11 heteroatoms. The number of likely N-dealkylation sites (N-methyl/N-ethyl adjacent to an activating group) is 1. The van der Waals surface area contributed by atoms with Gasteiger partial charge in [-0.15, -0.1) is 0 Å². The fourth-order valence-corrected chi connectivity index (χ4v) is 5.72. The van der Waals surface area contributed by atoms with Crippen molar-refractivity contribution in [2.75, 3.05) is 38.3 Å². The number of carbonyl (C=O) groups is 1. The van der Waals surface area contributed by atoms with Gasteiger partial charge in [0.15, 0.2) is 20.2 Å². The van der Waals surface area contributed by atoms with Crippen molar-refractivity contribution in [3.05, 3.63) is 48.5 Å². The number of benzene rings is 2. The van der Waals surface area contributed by atoms with E-state index >= 15 is 0 Å². The summed E-state index contributed by atoms with van der Waals surface area (Å²) in [5.74, 6) is -0.471. The fourth-order valence-electron chi connectivity index (χ4n) is 3.78. The minimum absolute atomic E-state index is 0.0241. The second kappa shape index (κ2) is 9.38. The summed E-state index contributed by atoms with van der Waals surface area (Å²) < 4.78 is 41.4. The Morgan fingerprint density at radius 3 is 2.55 bits per heavy atom. The van der Waals surface area contributed by atoms with Crippen LogP contribution in [0.15, 0.2) is 57.8 Å². The minimum Gasteiger partial charge on any atom is -0.492 e. The highest BCUT2D eigenvalue weighted by atomic mass is 32.2. The molecule has 1 fully saturated rings. The van der Waals surface area contributed by atoms with Crippen LogP contribution in [0.2, 0.25) is 0 Å². The van der Waals surface area contributed by atoms with Crippen molar-refractivity contribution in [3.8, 4) is 5.75 Å². The summed E-state index contributed by atoms with van der Waals surface area (Å²) >= 11 is 0. The number of fused-ring (bicyclic) bond motifs is 1. The summed E-state index contributed by atoms with van der Waals surface area (Å²) in [6.45, 7) is 1.03. The van der Waals surface area contributed by atoms with Crippen LogP contribution in [0.5, 0.6) is 5.75 Å². The summed E-state index contributed by atoms with van der Waals surface area (Å²) in [5, 5.41) is 9.13. The number of hydrogen-bond acceptors (Lipinski definition) is 9. The van der Waals surface area contributed by atoms with Gasteiger partial charge in [0.05, 0.1) is 11.4 Å². The average molecular weight is 476 g/mol. The lowest BCUT2D eigenvalue weighted by Crippen LogP contribution is -2.54. The molecular weight excluding hydrogens is 450 g/mol. The van der Waals surface area contributed by atoms with Gasteiger partial charge >= 0.3 is 0 Å². The summed E-state index contributed by atoms with van der Waals surface area (Å²) in [7, 11) is -2.23. The first-order valence-corrected chi connectivity index (χ1v) is 11.9. The first-order chi connectivity index (χ1) is 15.9. The Balaban J connectivity index is 1.40. The Morgan fingerprint density at radius 2 is 1.88 bits per heavy atom. The molecule has 2 heterocycles. The van der Waals surface area contributed by atoms with Crippen molar-refractivity contribution < 1.29 is 32.3 Å². The third kappa shape index (κ3) is 4.39. The molecule has 1 amide bonds. The molecule has 0 spiro atoms. The molecule has 176 valence electrons. The van der Waals surface area contributed by atoms with Crippen molar-refractivity contribution in [1.29, 1.82) is 0 Å². The Hall–Kier alpha value is -3.15. The standard InChI is InChI=1S/C22H25N3O7S/c1-25(21-23-18-4-2-3-5-19(18)32-21)12-15-31-16-6-8-17(9-7-16)33(28,29)22(20(26)24-27)10-13-30-14-11-22/h2-9,27H,10-15H2,1H3,(H,24,26). The highest BCUT2D eigenvalue weighted by Gasteiger charge is 2.52. The second-order valence-electron chi connectivity index (χ2n) is 7.76. The average Bonchev–Trinajstić information content (AvgIpc) is 3.29. The second-order valence-corrected chi connectivity index (χ2v) is 10.0. The Labute approximate surface area is 191 Å². The number of oxazole rings is 1. The number of rotatable bonds is 8. The van der Waals surface area contributed by atoms with Crippen LogP contribution in [0.4, 0.5) is 6.01 Å². The van der Waals surface area contributed by atoms with Crippen LogP contribution >= 0.6 is 0 Å². The quantitative estimate of drug-likeness (QED) is 0.372. The molecule has 0 radical (unpaired) electrons. The molecule has 0 aliphatic carbocycles. The molecule has 4 rings (SSSR count). The Bertz CT molecular complexity index is 1190. The van der Waals surface area contributed by atoms with Crippen LogP contribution in [-0.4, -0.2) is 62.7 Å². The van der Waals surface area contributed by atoms with Crippen molar-refractivity contribution in [1.82, 2.24) is 10.5 Å². The molecule has 1 aromatic heterocycles. The van der Waals surface area contributed by atoms with Crippen LogP contribution in [0, 0.1) is 0 Å². The number of amides is 1. The van der Waals surface area contributed by atoms with Crippen molar-refractivity contribution in [2.24, 2.45) is 0 Å². The number of nitrogens with one attached hydrogen (secondary N) is 1. The highest BCUT2D eigenvalue weighted by molar-refractivity contribution is 7.93. The largest absolute Gasteiger partial charge is 0.492 e. The Morgan fingerprint density at radius 1 is 1.18 bits per heavy atom. The number of ether oxygens (including phenoxy) is 2. The molecule has 2 aromatic carbocycles. The lowest BCUT2D eigenvalue weighted by Gasteiger charge is -2.34. The van der Waals surface area contributed by atoms with E-state index in [4.69, 9.17) is 19.1 Å². The number of hydrogen-bond donors (Lipinski definition) is 2. The first kappa shape index (κ1) is 23.0. The van der Waals surface area contributed by atoms with Crippen molar-refractivity contribution >= 4 is 32.9 Å². The molecule has 33 heavy (non-hydrogen) atoms. The van der Waals surface area contributed by atoms with E-state index in [0.717, 1.165) is 5.52 Å². The van der Waals surface area contributed by atoms with Crippen LogP contribution < -0.4 is 15.1 Å². The zero-order chi connectivity index (χ0) is 23.5. The number of hydroxylamine groups is 1. The monoisotopic (exact) mass is 475 g/mol. The van der Waals surface area contributed by atoms with Gasteiger partial charge in [0.25, 0.3) is 11.9 Å². The third-order valence-corrected chi connectivity index (χ3v) is 8.28. The number of carbonyl (C=O) groups excluding carboxylic acids is 1. The maximum Gasteiger partial charge on any atom is 0.298 e. The number of nitrogens with zero attached hydrogens (tertiary/aromatic N) is 2. The smallest absolute Gasteiger partial charge is 0.298 e. The van der Waals surface area contributed by atoms with Gasteiger partial charge in [-0.2, -0.15) is 4.98 Å². The van der Waals surface area contributed by atoms with E-state index in [2.05, 4.69) is 4.98 Å². The van der Waals surface area contributed by atoms with Crippen molar-refractivity contribution in [2.45, 2.75) is 22.5 Å². The van der Waals surface area contributed by atoms with Gasteiger partial charge in [0.1, 0.15) is 17.9 Å². The van der Waals surface area contributed by atoms with Crippen LogP contribution in [0.1, 0.15) is 12.8 Å². The van der Waals surface area contributed by atoms with E-state index in [0.29, 0.717) is 30.5 Å². The van der Waals surface area contributed by atoms with E-state index in [1.54, 1.807) is 0 Å². The molecule has 1 saturated heterocycles. The zero-order valence-corrected chi connectivity index (χ0v) is 18.9. The molecule has 2 N–H and O–H groups in total. The predicted octanol–water partition coefficient (Wildman–Crippen LogP) is 2.17. The molecule has 0 atom stereocenters. The molecule has 10 nitrogen and oxygen atoms in total. The van der Waals surface area contributed by atoms with Gasteiger partial charge in [-0.3, -0.25) is 10.0 Å². The van der Waals surface area contributed by atoms with E-state index in [1.807, 2.05) is 36.2 Å². The summed E-state index contributed by atoms with van der Waals surface area (Å²) in [6.07, 6.45) is -0.0791. The molecule has 3 aromatic rings. The van der Waals surface area contributed by atoms with E-state index < -0.39 is 20.5 Å². The van der Waals surface area contributed by atoms with Gasteiger partial charge in [0, 0.05) is 20.3 Å². The number of aromatic nitrogens is 1. The molecular formula is C22H25N3O7S. The SMILES string of the molecule is CN(CCOc1ccc(S(=O)(=O)C2(C(=O)NO)CCOCC2)cc1)c1nc2ccccc2o1. The number of anilines is 1. The van der Waals surface area contributed by atoms with Gasteiger partial charge < -0.3 is 18.8 Å². The number of sulfone groups is 1. The predicted molar refractivity (Wildman–Crippen MR) is 119 cm³/mol. The Kier molecular flexibility index (Phi) is 6.54. The van der Waals surface area contributed by atoms with Crippen LogP contribution in [-0.2, 0) is 19.4 Å². The molecule has 0 bridgehead atoms.